The summed E-state index contributed by atoms with van der Waals surface area (Å²) in [5.41, 5.74) is 12.0. The highest BCUT2D eigenvalue weighted by molar-refractivity contribution is 6.20. The van der Waals surface area contributed by atoms with E-state index >= 15 is 0 Å². The van der Waals surface area contributed by atoms with Crippen LogP contribution in [-0.4, -0.2) is 15.0 Å². The minimum atomic E-state index is 0.652. The molecule has 0 aliphatic rings. The maximum Gasteiger partial charge on any atom is 0.160 e. The molecule has 0 atom stereocenters. The lowest BCUT2D eigenvalue weighted by Crippen LogP contribution is -1.97. The van der Waals surface area contributed by atoms with Crippen LogP contribution in [-0.2, 0) is 0 Å². The third-order valence-corrected chi connectivity index (χ3v) is 9.43. The average molecular weight is 642 g/mol. The molecule has 0 saturated heterocycles. The molecule has 10 aromatic rings. The van der Waals surface area contributed by atoms with Gasteiger partial charge in [-0.1, -0.05) is 115 Å². The lowest BCUT2D eigenvalue weighted by Gasteiger charge is -2.14. The van der Waals surface area contributed by atoms with Gasteiger partial charge in [-0.25, -0.2) is 9.97 Å². The van der Waals surface area contributed by atoms with Crippen molar-refractivity contribution in [3.63, 3.8) is 0 Å². The van der Waals surface area contributed by atoms with Crippen LogP contribution >= 0.6 is 0 Å². The van der Waals surface area contributed by atoms with Gasteiger partial charge in [0.15, 0.2) is 5.82 Å². The number of furan rings is 2. The molecule has 0 spiro atoms. The number of nitrogens with zero attached hydrogens (tertiary/aromatic N) is 3. The maximum atomic E-state index is 6.76. The summed E-state index contributed by atoms with van der Waals surface area (Å²) in [4.78, 5) is 14.8. The minimum Gasteiger partial charge on any atom is -0.456 e. The Hall–Kier alpha value is -6.85. The Balaban J connectivity index is 1.26. The van der Waals surface area contributed by atoms with Gasteiger partial charge in [0.2, 0.25) is 0 Å². The second kappa shape index (κ2) is 11.4. The van der Waals surface area contributed by atoms with E-state index in [1.165, 1.54) is 0 Å². The summed E-state index contributed by atoms with van der Waals surface area (Å²) in [5.74, 6) is 0.652. The highest BCUT2D eigenvalue weighted by Crippen LogP contribution is 2.45. The molecule has 0 unspecified atom stereocenters. The second-order valence-corrected chi connectivity index (χ2v) is 12.4. The summed E-state index contributed by atoms with van der Waals surface area (Å²) >= 11 is 0. The third kappa shape index (κ3) is 4.52. The summed E-state index contributed by atoms with van der Waals surface area (Å²) in [6.07, 6.45) is 3.69. The summed E-state index contributed by atoms with van der Waals surface area (Å²) in [7, 11) is 0. The fourth-order valence-electron chi connectivity index (χ4n) is 7.17. The van der Waals surface area contributed by atoms with Gasteiger partial charge in [0.1, 0.15) is 22.3 Å². The van der Waals surface area contributed by atoms with Gasteiger partial charge < -0.3 is 8.83 Å². The van der Waals surface area contributed by atoms with E-state index in [2.05, 4.69) is 96.0 Å². The van der Waals surface area contributed by atoms with Crippen LogP contribution in [0.5, 0.6) is 0 Å². The number of benzene rings is 6. The predicted molar refractivity (Wildman–Crippen MR) is 202 cm³/mol. The molecule has 0 aliphatic carbocycles. The SMILES string of the molecule is c1ccc(-c2nc(-c3ccccc3-c3cccnc3)cc(-c3ccc(-c4cccc5oc6ccccc6c45)c4oc5ccccc5c34)n2)cc1. The van der Waals surface area contributed by atoms with E-state index in [0.29, 0.717) is 5.82 Å². The summed E-state index contributed by atoms with van der Waals surface area (Å²) in [5, 5.41) is 4.18. The number of pyridine rings is 1. The Morgan fingerprint density at radius 3 is 1.82 bits per heavy atom. The molecule has 50 heavy (non-hydrogen) atoms. The topological polar surface area (TPSA) is 65.0 Å². The lowest BCUT2D eigenvalue weighted by molar-refractivity contribution is 0.668. The zero-order chi connectivity index (χ0) is 33.0. The molecule has 0 saturated carbocycles. The van der Waals surface area contributed by atoms with Crippen molar-refractivity contribution in [3.05, 3.63) is 164 Å². The zero-order valence-electron chi connectivity index (χ0n) is 26.7. The number of hydrogen-bond acceptors (Lipinski definition) is 5. The Morgan fingerprint density at radius 2 is 1.02 bits per heavy atom. The lowest BCUT2D eigenvalue weighted by atomic mass is 9.93. The van der Waals surface area contributed by atoms with Gasteiger partial charge in [0.05, 0.1) is 11.4 Å². The minimum absolute atomic E-state index is 0.652. The van der Waals surface area contributed by atoms with E-state index in [4.69, 9.17) is 18.8 Å². The second-order valence-electron chi connectivity index (χ2n) is 12.4. The molecule has 0 aliphatic heterocycles. The first-order valence-corrected chi connectivity index (χ1v) is 16.6. The Labute approximate surface area is 287 Å². The van der Waals surface area contributed by atoms with Crippen LogP contribution in [0.4, 0.5) is 0 Å². The summed E-state index contributed by atoms with van der Waals surface area (Å²) < 4.78 is 13.0. The number of rotatable bonds is 5. The van der Waals surface area contributed by atoms with E-state index in [9.17, 15) is 0 Å². The van der Waals surface area contributed by atoms with Crippen LogP contribution in [0.15, 0.2) is 173 Å². The smallest absolute Gasteiger partial charge is 0.160 e. The van der Waals surface area contributed by atoms with E-state index in [1.54, 1.807) is 6.20 Å². The number of aromatic nitrogens is 3. The first kappa shape index (κ1) is 28.2. The fourth-order valence-corrected chi connectivity index (χ4v) is 7.17. The van der Waals surface area contributed by atoms with Gasteiger partial charge in [-0.15, -0.1) is 0 Å². The van der Waals surface area contributed by atoms with Crippen LogP contribution in [0.2, 0.25) is 0 Å². The van der Waals surface area contributed by atoms with Crippen molar-refractivity contribution in [2.24, 2.45) is 0 Å². The average Bonchev–Trinajstić information content (AvgIpc) is 3.77. The fraction of sp³-hybridized carbons (Fsp3) is 0. The monoisotopic (exact) mass is 641 g/mol. The molecular weight excluding hydrogens is 615 g/mol. The summed E-state index contributed by atoms with van der Waals surface area (Å²) in [6.45, 7) is 0. The van der Waals surface area contributed by atoms with E-state index in [0.717, 1.165) is 94.2 Å². The van der Waals surface area contributed by atoms with Crippen molar-refractivity contribution in [1.29, 1.82) is 0 Å². The maximum absolute atomic E-state index is 6.76. The van der Waals surface area contributed by atoms with Crippen LogP contribution in [0.25, 0.3) is 100 Å². The van der Waals surface area contributed by atoms with Crippen molar-refractivity contribution in [1.82, 2.24) is 15.0 Å². The predicted octanol–water partition coefficient (Wildman–Crippen LogP) is 12.0. The highest BCUT2D eigenvalue weighted by Gasteiger charge is 2.22. The van der Waals surface area contributed by atoms with Crippen LogP contribution in [0.3, 0.4) is 0 Å². The van der Waals surface area contributed by atoms with Gasteiger partial charge >= 0.3 is 0 Å². The standard InChI is InChI=1S/C45H27N3O2/c1-2-12-28(13-3-1)45-47-37(31-16-5-4-15-30(31)29-14-11-25-46-27-29)26-38(48-45)34-24-23-33(44-43(34)36-18-7-9-21-40(36)50-44)32-19-10-22-41-42(32)35-17-6-8-20-39(35)49-41/h1-27H. The van der Waals surface area contributed by atoms with Gasteiger partial charge in [0.25, 0.3) is 0 Å². The van der Waals surface area contributed by atoms with E-state index in [1.807, 2.05) is 66.9 Å². The normalized spacial score (nSPS) is 11.6. The molecule has 5 heteroatoms. The molecular formula is C45H27N3O2. The third-order valence-electron chi connectivity index (χ3n) is 9.43. The Bertz CT molecular complexity index is 2870. The first-order chi connectivity index (χ1) is 24.8. The van der Waals surface area contributed by atoms with Gasteiger partial charge in [-0.3, -0.25) is 4.98 Å². The molecule has 4 aromatic heterocycles. The molecule has 4 heterocycles. The first-order valence-electron chi connectivity index (χ1n) is 16.6. The van der Waals surface area contributed by atoms with E-state index in [-0.39, 0.29) is 0 Å². The van der Waals surface area contributed by atoms with Gasteiger partial charge in [-0.2, -0.15) is 0 Å². The van der Waals surface area contributed by atoms with Crippen molar-refractivity contribution in [3.8, 4) is 56.2 Å². The molecule has 10 rings (SSSR count). The largest absolute Gasteiger partial charge is 0.456 e. The van der Waals surface area contributed by atoms with Crippen LogP contribution in [0, 0.1) is 0 Å². The quantitative estimate of drug-likeness (QED) is 0.187. The molecule has 0 fully saturated rings. The molecule has 6 aromatic carbocycles. The molecule has 0 amide bonds. The van der Waals surface area contributed by atoms with Crippen LogP contribution in [0.1, 0.15) is 0 Å². The zero-order valence-corrected chi connectivity index (χ0v) is 26.7. The molecule has 0 N–H and O–H groups in total. The van der Waals surface area contributed by atoms with Gasteiger partial charge in [-0.05, 0) is 47.5 Å². The summed E-state index contributed by atoms with van der Waals surface area (Å²) in [6, 6.07) is 51.6. The van der Waals surface area contributed by atoms with Crippen molar-refractivity contribution in [2.45, 2.75) is 0 Å². The number of para-hydroxylation sites is 2. The van der Waals surface area contributed by atoms with Crippen molar-refractivity contribution >= 4 is 43.9 Å². The van der Waals surface area contributed by atoms with Gasteiger partial charge in [0, 0.05) is 61.8 Å². The van der Waals surface area contributed by atoms with Crippen molar-refractivity contribution in [2.75, 3.05) is 0 Å². The molecule has 5 nitrogen and oxygen atoms in total. The number of fused-ring (bicyclic) bond motifs is 6. The molecule has 0 bridgehead atoms. The Kier molecular flexibility index (Phi) is 6.42. The van der Waals surface area contributed by atoms with Crippen LogP contribution < -0.4 is 0 Å². The van der Waals surface area contributed by atoms with E-state index < -0.39 is 0 Å². The van der Waals surface area contributed by atoms with Crippen molar-refractivity contribution < 1.29 is 8.83 Å². The molecule has 0 radical (unpaired) electrons. The Morgan fingerprint density at radius 1 is 0.400 bits per heavy atom. The number of hydrogen-bond donors (Lipinski definition) is 0. The molecule has 234 valence electrons. The highest BCUT2D eigenvalue weighted by atomic mass is 16.3.